The molecular weight excluding hydrogens is 320 g/mol. The van der Waals surface area contributed by atoms with E-state index in [0.717, 1.165) is 25.7 Å². The number of furan rings is 1. The molecule has 1 aromatic rings. The van der Waals surface area contributed by atoms with Crippen LogP contribution in [0.2, 0.25) is 0 Å². The molecule has 1 saturated heterocycles. The summed E-state index contributed by atoms with van der Waals surface area (Å²) in [5, 5.41) is 21.7. The van der Waals surface area contributed by atoms with E-state index in [1.165, 1.54) is 5.56 Å². The summed E-state index contributed by atoms with van der Waals surface area (Å²) in [7, 11) is 0. The predicted molar refractivity (Wildman–Crippen MR) is 90.6 cm³/mol. The van der Waals surface area contributed by atoms with E-state index in [-0.39, 0.29) is 17.4 Å². The first-order valence-electron chi connectivity index (χ1n) is 9.37. The van der Waals surface area contributed by atoms with Gasteiger partial charge in [0.15, 0.2) is 5.60 Å². The lowest BCUT2D eigenvalue weighted by Gasteiger charge is -2.61. The lowest BCUT2D eigenvalue weighted by atomic mass is 9.43. The first kappa shape index (κ1) is 17.1. The molecule has 7 atom stereocenters. The van der Waals surface area contributed by atoms with E-state index in [4.69, 9.17) is 9.15 Å². The highest BCUT2D eigenvalue weighted by atomic mass is 16.6. The SMILES string of the molecule is CC1CC2OC(=O)C3(O)C(O)CCC(C1(C)CCc1ccoc1)C23C. The molecule has 25 heavy (non-hydrogen) atoms. The Morgan fingerprint density at radius 3 is 2.76 bits per heavy atom. The van der Waals surface area contributed by atoms with Gasteiger partial charge in [-0.3, -0.25) is 0 Å². The quantitative estimate of drug-likeness (QED) is 0.821. The summed E-state index contributed by atoms with van der Waals surface area (Å²) in [5.41, 5.74) is -1.38. The van der Waals surface area contributed by atoms with Crippen molar-refractivity contribution in [3.63, 3.8) is 0 Å². The maximum atomic E-state index is 12.5. The molecule has 2 saturated carbocycles. The van der Waals surface area contributed by atoms with Gasteiger partial charge in [-0.2, -0.15) is 0 Å². The van der Waals surface area contributed by atoms with Crippen molar-refractivity contribution in [1.82, 2.24) is 0 Å². The summed E-state index contributed by atoms with van der Waals surface area (Å²) in [5.74, 6) is -0.142. The normalized spacial score (nSPS) is 48.9. The van der Waals surface area contributed by atoms with Gasteiger partial charge in [0.05, 0.1) is 24.0 Å². The average molecular weight is 348 g/mol. The standard InChI is InChI=1S/C20H28O5/c1-12-10-16-19(3)14(4-5-15(21)20(19,23)17(22)25-16)18(12,2)8-6-13-7-9-24-11-13/h7,9,11-12,14-16,21,23H,4-6,8,10H2,1-3H3. The van der Waals surface area contributed by atoms with Crippen molar-refractivity contribution in [2.75, 3.05) is 0 Å². The van der Waals surface area contributed by atoms with Gasteiger partial charge in [0, 0.05) is 0 Å². The highest BCUT2D eigenvalue weighted by molar-refractivity contribution is 5.84. The lowest BCUT2D eigenvalue weighted by Crippen LogP contribution is -2.69. The smallest absolute Gasteiger partial charge is 0.341 e. The molecule has 0 amide bonds. The molecule has 5 heteroatoms. The number of aliphatic hydroxyl groups excluding tert-OH is 1. The molecule has 0 spiro atoms. The Hall–Kier alpha value is -1.33. The monoisotopic (exact) mass is 348 g/mol. The third-order valence-electron chi connectivity index (χ3n) is 8.01. The first-order valence-corrected chi connectivity index (χ1v) is 9.37. The van der Waals surface area contributed by atoms with Gasteiger partial charge < -0.3 is 19.4 Å². The minimum atomic E-state index is -1.78. The predicted octanol–water partition coefficient (Wildman–Crippen LogP) is 2.69. The van der Waals surface area contributed by atoms with Crippen LogP contribution in [0.3, 0.4) is 0 Å². The molecule has 0 radical (unpaired) electrons. The molecule has 3 fully saturated rings. The van der Waals surface area contributed by atoms with Gasteiger partial charge in [0.25, 0.3) is 0 Å². The Kier molecular flexibility index (Phi) is 3.65. The number of hydrogen-bond acceptors (Lipinski definition) is 5. The van der Waals surface area contributed by atoms with Crippen LogP contribution in [0, 0.1) is 22.7 Å². The van der Waals surface area contributed by atoms with Crippen LogP contribution in [0.25, 0.3) is 0 Å². The zero-order valence-corrected chi connectivity index (χ0v) is 15.2. The van der Waals surface area contributed by atoms with Crippen molar-refractivity contribution in [3.8, 4) is 0 Å². The molecule has 1 aliphatic heterocycles. The number of ether oxygens (including phenoxy) is 1. The van der Waals surface area contributed by atoms with Gasteiger partial charge in [-0.1, -0.05) is 20.8 Å². The molecule has 2 heterocycles. The van der Waals surface area contributed by atoms with Gasteiger partial charge in [0.1, 0.15) is 6.10 Å². The average Bonchev–Trinajstić information content (AvgIpc) is 3.15. The maximum absolute atomic E-state index is 12.5. The van der Waals surface area contributed by atoms with Crippen molar-refractivity contribution >= 4 is 5.97 Å². The van der Waals surface area contributed by atoms with E-state index >= 15 is 0 Å². The van der Waals surface area contributed by atoms with Crippen LogP contribution in [-0.2, 0) is 16.0 Å². The van der Waals surface area contributed by atoms with E-state index in [9.17, 15) is 15.0 Å². The summed E-state index contributed by atoms with van der Waals surface area (Å²) < 4.78 is 10.8. The van der Waals surface area contributed by atoms with Crippen LogP contribution in [0.5, 0.6) is 0 Å². The van der Waals surface area contributed by atoms with Crippen LogP contribution in [-0.4, -0.2) is 34.0 Å². The first-order chi connectivity index (χ1) is 11.7. The Bertz CT molecular complexity index is 670. The molecule has 2 aliphatic carbocycles. The number of carbonyl (C=O) groups is 1. The molecule has 3 aliphatic rings. The van der Waals surface area contributed by atoms with Crippen LogP contribution in [0.15, 0.2) is 23.0 Å². The number of aliphatic hydroxyl groups is 2. The van der Waals surface area contributed by atoms with Crippen molar-refractivity contribution in [3.05, 3.63) is 24.2 Å². The molecule has 4 rings (SSSR count). The van der Waals surface area contributed by atoms with Gasteiger partial charge in [-0.05, 0) is 61.0 Å². The van der Waals surface area contributed by atoms with Gasteiger partial charge >= 0.3 is 5.97 Å². The highest BCUT2D eigenvalue weighted by Gasteiger charge is 2.76. The van der Waals surface area contributed by atoms with Crippen molar-refractivity contribution in [2.45, 2.75) is 70.7 Å². The summed E-state index contributed by atoms with van der Waals surface area (Å²) in [4.78, 5) is 12.5. The van der Waals surface area contributed by atoms with Crippen LogP contribution < -0.4 is 0 Å². The Balaban J connectivity index is 1.72. The number of carbonyl (C=O) groups excluding carboxylic acids is 1. The molecule has 0 aromatic carbocycles. The zero-order valence-electron chi connectivity index (χ0n) is 15.2. The molecule has 7 unspecified atom stereocenters. The molecule has 138 valence electrons. The van der Waals surface area contributed by atoms with Crippen LogP contribution >= 0.6 is 0 Å². The maximum Gasteiger partial charge on any atom is 0.341 e. The van der Waals surface area contributed by atoms with Crippen LogP contribution in [0.1, 0.15) is 52.0 Å². The Morgan fingerprint density at radius 2 is 2.08 bits per heavy atom. The number of hydrogen-bond donors (Lipinski definition) is 2. The zero-order chi connectivity index (χ0) is 18.0. The Labute approximate surface area is 148 Å². The Morgan fingerprint density at radius 1 is 1.32 bits per heavy atom. The molecule has 2 N–H and O–H groups in total. The van der Waals surface area contributed by atoms with Gasteiger partial charge in [0.2, 0.25) is 0 Å². The molecule has 0 bridgehead atoms. The largest absolute Gasteiger partial charge is 0.472 e. The summed E-state index contributed by atoms with van der Waals surface area (Å²) in [6.45, 7) is 6.47. The number of rotatable bonds is 3. The third-order valence-corrected chi connectivity index (χ3v) is 8.01. The van der Waals surface area contributed by atoms with E-state index < -0.39 is 23.1 Å². The van der Waals surface area contributed by atoms with Crippen LogP contribution in [0.4, 0.5) is 0 Å². The second-order valence-electron chi connectivity index (χ2n) is 8.86. The highest BCUT2D eigenvalue weighted by Crippen LogP contribution is 2.67. The minimum absolute atomic E-state index is 0.0371. The number of esters is 1. The van der Waals surface area contributed by atoms with E-state index in [0.29, 0.717) is 12.3 Å². The van der Waals surface area contributed by atoms with Crippen molar-refractivity contribution in [1.29, 1.82) is 0 Å². The minimum Gasteiger partial charge on any atom is -0.472 e. The van der Waals surface area contributed by atoms with E-state index in [1.54, 1.807) is 12.5 Å². The van der Waals surface area contributed by atoms with E-state index in [2.05, 4.69) is 13.8 Å². The number of aryl methyl sites for hydroxylation is 1. The fourth-order valence-corrected chi connectivity index (χ4v) is 6.14. The summed E-state index contributed by atoms with van der Waals surface area (Å²) in [6, 6.07) is 1.99. The molecule has 5 nitrogen and oxygen atoms in total. The second-order valence-corrected chi connectivity index (χ2v) is 8.86. The van der Waals surface area contributed by atoms with Gasteiger partial charge in [-0.15, -0.1) is 0 Å². The topological polar surface area (TPSA) is 79.9 Å². The fraction of sp³-hybridized carbons (Fsp3) is 0.750. The molecule has 1 aromatic heterocycles. The lowest BCUT2D eigenvalue weighted by molar-refractivity contribution is -0.225. The summed E-state index contributed by atoms with van der Waals surface area (Å²) in [6.07, 6.45) is 5.95. The second kappa shape index (κ2) is 5.34. The third kappa shape index (κ3) is 2.00. The van der Waals surface area contributed by atoms with Gasteiger partial charge in [-0.25, -0.2) is 4.79 Å². The van der Waals surface area contributed by atoms with E-state index in [1.807, 2.05) is 13.0 Å². The fourth-order valence-electron chi connectivity index (χ4n) is 6.14. The van der Waals surface area contributed by atoms with Crippen molar-refractivity contribution < 1.29 is 24.2 Å². The van der Waals surface area contributed by atoms with Crippen molar-refractivity contribution in [2.24, 2.45) is 22.7 Å². The summed E-state index contributed by atoms with van der Waals surface area (Å²) >= 11 is 0. The molecular formula is C20H28O5.